The first-order valence-corrected chi connectivity index (χ1v) is 5.79. The number of rotatable bonds is 3. The average Bonchev–Trinajstić information content (AvgIpc) is 2.33. The number of hydrogen-bond acceptors (Lipinski definition) is 2. The minimum atomic E-state index is -0.516. The normalized spacial score (nSPS) is 9.94. The molecule has 0 radical (unpaired) electrons. The smallest absolute Gasteiger partial charge is 0.252 e. The zero-order valence-electron chi connectivity index (χ0n) is 8.89. The Morgan fingerprint density at radius 2 is 1.76 bits per heavy atom. The van der Waals surface area contributed by atoms with Crippen LogP contribution in [0.2, 0.25) is 0 Å². The lowest BCUT2D eigenvalue weighted by Crippen LogP contribution is -2.12. The molecule has 1 amide bonds. The van der Waals surface area contributed by atoms with Crippen LogP contribution < -0.4 is 10.5 Å². The molecule has 4 heteroatoms. The van der Waals surface area contributed by atoms with Gasteiger partial charge < -0.3 is 10.5 Å². The molecular formula is C13H10BrNO2. The molecule has 0 heterocycles. The van der Waals surface area contributed by atoms with Crippen LogP contribution in [-0.4, -0.2) is 5.91 Å². The van der Waals surface area contributed by atoms with Crippen LogP contribution in [0.25, 0.3) is 0 Å². The molecule has 0 unspecified atom stereocenters. The number of halogens is 1. The number of benzene rings is 2. The van der Waals surface area contributed by atoms with E-state index in [2.05, 4.69) is 15.9 Å². The number of hydrogen-bond donors (Lipinski definition) is 1. The zero-order chi connectivity index (χ0) is 12.3. The van der Waals surface area contributed by atoms with Crippen molar-refractivity contribution in [3.8, 4) is 11.5 Å². The van der Waals surface area contributed by atoms with Gasteiger partial charge in [0, 0.05) is 0 Å². The Balaban J connectivity index is 2.41. The third kappa shape index (κ3) is 2.65. The van der Waals surface area contributed by atoms with Crippen LogP contribution in [0.15, 0.2) is 53.0 Å². The standard InChI is InChI=1S/C13H10BrNO2/c14-11-8-4-7-10(13(15)16)12(11)17-9-5-2-1-3-6-9/h1-8H,(H2,15,16). The number of primary amides is 1. The van der Waals surface area contributed by atoms with Crippen molar-refractivity contribution in [1.82, 2.24) is 0 Å². The van der Waals surface area contributed by atoms with Crippen molar-refractivity contribution < 1.29 is 9.53 Å². The third-order valence-electron chi connectivity index (χ3n) is 2.20. The Morgan fingerprint density at radius 1 is 1.06 bits per heavy atom. The van der Waals surface area contributed by atoms with Gasteiger partial charge in [0.15, 0.2) is 5.75 Å². The van der Waals surface area contributed by atoms with E-state index in [4.69, 9.17) is 10.5 Å². The minimum Gasteiger partial charge on any atom is -0.455 e. The largest absolute Gasteiger partial charge is 0.455 e. The summed E-state index contributed by atoms with van der Waals surface area (Å²) in [6, 6.07) is 14.4. The Labute approximate surface area is 107 Å². The first-order valence-electron chi connectivity index (χ1n) is 4.99. The van der Waals surface area contributed by atoms with Crippen molar-refractivity contribution in [2.45, 2.75) is 0 Å². The van der Waals surface area contributed by atoms with Crippen molar-refractivity contribution >= 4 is 21.8 Å². The van der Waals surface area contributed by atoms with E-state index in [1.807, 2.05) is 30.3 Å². The number of carbonyl (C=O) groups excluding carboxylic acids is 1. The quantitative estimate of drug-likeness (QED) is 0.943. The highest BCUT2D eigenvalue weighted by Crippen LogP contribution is 2.32. The fraction of sp³-hybridized carbons (Fsp3) is 0. The molecule has 2 rings (SSSR count). The van der Waals surface area contributed by atoms with Gasteiger partial charge in [0.05, 0.1) is 10.0 Å². The molecule has 17 heavy (non-hydrogen) atoms. The highest BCUT2D eigenvalue weighted by Gasteiger charge is 2.13. The van der Waals surface area contributed by atoms with E-state index in [1.165, 1.54) is 0 Å². The molecule has 0 fully saturated rings. The second-order valence-electron chi connectivity index (χ2n) is 3.40. The summed E-state index contributed by atoms with van der Waals surface area (Å²) in [5.74, 6) is 0.574. The molecule has 0 aliphatic carbocycles. The minimum absolute atomic E-state index is 0.350. The van der Waals surface area contributed by atoms with Gasteiger partial charge in [0.2, 0.25) is 0 Å². The van der Waals surface area contributed by atoms with Crippen LogP contribution in [0.5, 0.6) is 11.5 Å². The van der Waals surface area contributed by atoms with Gasteiger partial charge in [-0.15, -0.1) is 0 Å². The molecule has 3 nitrogen and oxygen atoms in total. The van der Waals surface area contributed by atoms with E-state index in [0.29, 0.717) is 21.5 Å². The Bertz CT molecular complexity index is 540. The van der Waals surface area contributed by atoms with E-state index in [9.17, 15) is 4.79 Å². The van der Waals surface area contributed by atoms with Crippen LogP contribution in [0, 0.1) is 0 Å². The van der Waals surface area contributed by atoms with Crippen LogP contribution in [-0.2, 0) is 0 Å². The molecule has 0 saturated carbocycles. The molecule has 2 aromatic carbocycles. The number of ether oxygens (including phenoxy) is 1. The molecule has 0 spiro atoms. The maximum atomic E-state index is 11.3. The van der Waals surface area contributed by atoms with Gasteiger partial charge in [-0.05, 0) is 40.2 Å². The molecule has 0 bridgehead atoms. The summed E-state index contributed by atoms with van der Waals surface area (Å²) >= 11 is 3.34. The summed E-state index contributed by atoms with van der Waals surface area (Å²) in [6.07, 6.45) is 0. The fourth-order valence-electron chi connectivity index (χ4n) is 1.41. The Kier molecular flexibility index (Phi) is 3.44. The molecular weight excluding hydrogens is 282 g/mol. The van der Waals surface area contributed by atoms with Crippen molar-refractivity contribution in [3.63, 3.8) is 0 Å². The van der Waals surface area contributed by atoms with E-state index >= 15 is 0 Å². The fourth-order valence-corrected chi connectivity index (χ4v) is 1.86. The SMILES string of the molecule is NC(=O)c1cccc(Br)c1Oc1ccccc1. The zero-order valence-corrected chi connectivity index (χ0v) is 10.5. The molecule has 0 saturated heterocycles. The number of nitrogens with two attached hydrogens (primary N) is 1. The molecule has 0 aliphatic heterocycles. The lowest BCUT2D eigenvalue weighted by Gasteiger charge is -2.10. The molecule has 2 aromatic rings. The number of amides is 1. The van der Waals surface area contributed by atoms with Crippen molar-refractivity contribution in [3.05, 3.63) is 58.6 Å². The second kappa shape index (κ2) is 5.01. The molecule has 2 N–H and O–H groups in total. The van der Waals surface area contributed by atoms with E-state index in [1.54, 1.807) is 18.2 Å². The van der Waals surface area contributed by atoms with Gasteiger partial charge in [-0.2, -0.15) is 0 Å². The van der Waals surface area contributed by atoms with Crippen LogP contribution in [0.4, 0.5) is 0 Å². The van der Waals surface area contributed by atoms with Crippen molar-refractivity contribution in [2.75, 3.05) is 0 Å². The molecule has 0 atom stereocenters. The van der Waals surface area contributed by atoms with Gasteiger partial charge in [-0.1, -0.05) is 24.3 Å². The lowest BCUT2D eigenvalue weighted by molar-refractivity contribution is 0.0998. The topological polar surface area (TPSA) is 52.3 Å². The van der Waals surface area contributed by atoms with E-state index in [0.717, 1.165) is 0 Å². The predicted molar refractivity (Wildman–Crippen MR) is 69.2 cm³/mol. The predicted octanol–water partition coefficient (Wildman–Crippen LogP) is 3.34. The van der Waals surface area contributed by atoms with Gasteiger partial charge in [0.25, 0.3) is 5.91 Å². The highest BCUT2D eigenvalue weighted by atomic mass is 79.9. The van der Waals surface area contributed by atoms with Gasteiger partial charge in [-0.3, -0.25) is 4.79 Å². The summed E-state index contributed by atoms with van der Waals surface area (Å²) in [5.41, 5.74) is 5.65. The van der Waals surface area contributed by atoms with Crippen molar-refractivity contribution in [2.24, 2.45) is 5.73 Å². The van der Waals surface area contributed by atoms with Crippen LogP contribution >= 0.6 is 15.9 Å². The summed E-state index contributed by atoms with van der Waals surface area (Å²) in [6.45, 7) is 0. The average molecular weight is 292 g/mol. The maximum absolute atomic E-state index is 11.3. The Hall–Kier alpha value is -1.81. The monoisotopic (exact) mass is 291 g/mol. The summed E-state index contributed by atoms with van der Waals surface area (Å²) in [7, 11) is 0. The molecule has 0 aromatic heterocycles. The van der Waals surface area contributed by atoms with E-state index in [-0.39, 0.29) is 0 Å². The number of para-hydroxylation sites is 2. The maximum Gasteiger partial charge on any atom is 0.252 e. The van der Waals surface area contributed by atoms with Crippen molar-refractivity contribution in [1.29, 1.82) is 0 Å². The summed E-state index contributed by atoms with van der Waals surface area (Å²) in [5, 5.41) is 0. The van der Waals surface area contributed by atoms with Gasteiger partial charge in [0.1, 0.15) is 5.75 Å². The molecule has 0 aliphatic rings. The van der Waals surface area contributed by atoms with Crippen LogP contribution in [0.1, 0.15) is 10.4 Å². The summed E-state index contributed by atoms with van der Waals surface area (Å²) in [4.78, 5) is 11.3. The van der Waals surface area contributed by atoms with E-state index < -0.39 is 5.91 Å². The Morgan fingerprint density at radius 3 is 2.41 bits per heavy atom. The first kappa shape index (κ1) is 11.7. The van der Waals surface area contributed by atoms with Gasteiger partial charge >= 0.3 is 0 Å². The van der Waals surface area contributed by atoms with Crippen LogP contribution in [0.3, 0.4) is 0 Å². The van der Waals surface area contributed by atoms with Gasteiger partial charge in [-0.25, -0.2) is 0 Å². The lowest BCUT2D eigenvalue weighted by atomic mass is 10.2. The highest BCUT2D eigenvalue weighted by molar-refractivity contribution is 9.10. The second-order valence-corrected chi connectivity index (χ2v) is 4.25. The molecule has 86 valence electrons. The first-order chi connectivity index (χ1) is 8.18. The number of carbonyl (C=O) groups is 1. The summed E-state index contributed by atoms with van der Waals surface area (Å²) < 4.78 is 6.35. The third-order valence-corrected chi connectivity index (χ3v) is 2.82.